The number of aliphatic carboxylic acids is 1. The van der Waals surface area contributed by atoms with Gasteiger partial charge in [0.05, 0.1) is 0 Å². The Bertz CT molecular complexity index is 469. The fourth-order valence-corrected chi connectivity index (χ4v) is 2.06. The number of rotatable bonds is 7. The van der Waals surface area contributed by atoms with E-state index < -0.39 is 18.0 Å². The maximum absolute atomic E-state index is 11.8. The molecule has 0 aliphatic rings. The van der Waals surface area contributed by atoms with Crippen LogP contribution in [-0.2, 0) is 11.2 Å². The van der Waals surface area contributed by atoms with Crippen LogP contribution in [0.5, 0.6) is 0 Å². The number of carbonyl (C=O) groups is 2. The van der Waals surface area contributed by atoms with Gasteiger partial charge in [-0.1, -0.05) is 39.3 Å². The van der Waals surface area contributed by atoms with E-state index in [0.717, 1.165) is 12.8 Å². The third kappa shape index (κ3) is 6.29. The van der Waals surface area contributed by atoms with Gasteiger partial charge in [0.25, 0.3) is 0 Å². The number of nitrogens with one attached hydrogen (secondary N) is 2. The predicted octanol–water partition coefficient (Wildman–Crippen LogP) is 3.26. The van der Waals surface area contributed by atoms with Crippen LogP contribution < -0.4 is 10.6 Å². The van der Waals surface area contributed by atoms with Crippen LogP contribution in [0, 0.1) is 5.92 Å². The highest BCUT2D eigenvalue weighted by molar-refractivity contribution is 5.92. The SMILES string of the molecule is CCCc1ccc(NC(=O)N[C@H](CC(C)C)C(=O)O)cc1. The van der Waals surface area contributed by atoms with Crippen molar-refractivity contribution in [3.8, 4) is 0 Å². The number of anilines is 1. The Labute approximate surface area is 125 Å². The van der Waals surface area contributed by atoms with Gasteiger partial charge in [-0.05, 0) is 36.5 Å². The molecule has 0 heterocycles. The van der Waals surface area contributed by atoms with Crippen molar-refractivity contribution in [1.29, 1.82) is 0 Å². The molecule has 116 valence electrons. The Morgan fingerprint density at radius 2 is 1.81 bits per heavy atom. The number of hydrogen-bond acceptors (Lipinski definition) is 2. The Morgan fingerprint density at radius 3 is 2.29 bits per heavy atom. The van der Waals surface area contributed by atoms with E-state index in [1.165, 1.54) is 5.56 Å². The molecule has 0 aromatic heterocycles. The molecule has 21 heavy (non-hydrogen) atoms. The normalized spacial score (nSPS) is 12.0. The molecule has 0 fully saturated rings. The molecule has 1 atom stereocenters. The topological polar surface area (TPSA) is 78.4 Å². The molecule has 0 bridgehead atoms. The number of urea groups is 1. The van der Waals surface area contributed by atoms with Gasteiger partial charge in [-0.2, -0.15) is 0 Å². The van der Waals surface area contributed by atoms with Gasteiger partial charge in [0.15, 0.2) is 0 Å². The molecular formula is C16H24N2O3. The highest BCUT2D eigenvalue weighted by Crippen LogP contribution is 2.11. The molecule has 0 aliphatic carbocycles. The molecule has 0 radical (unpaired) electrons. The Hall–Kier alpha value is -2.04. The van der Waals surface area contributed by atoms with Crippen LogP contribution in [0.2, 0.25) is 0 Å². The summed E-state index contributed by atoms with van der Waals surface area (Å²) in [4.78, 5) is 22.9. The minimum absolute atomic E-state index is 0.194. The summed E-state index contributed by atoms with van der Waals surface area (Å²) in [6.07, 6.45) is 2.48. The minimum atomic E-state index is -1.02. The number of hydrogen-bond donors (Lipinski definition) is 3. The lowest BCUT2D eigenvalue weighted by atomic mass is 10.0. The van der Waals surface area contributed by atoms with Crippen LogP contribution in [-0.4, -0.2) is 23.1 Å². The zero-order valence-corrected chi connectivity index (χ0v) is 12.8. The average molecular weight is 292 g/mol. The molecule has 0 unspecified atom stereocenters. The lowest BCUT2D eigenvalue weighted by Gasteiger charge is -2.17. The molecular weight excluding hydrogens is 268 g/mol. The van der Waals surface area contributed by atoms with Gasteiger partial charge in [-0.15, -0.1) is 0 Å². The summed E-state index contributed by atoms with van der Waals surface area (Å²) in [6, 6.07) is 6.20. The maximum atomic E-state index is 11.8. The highest BCUT2D eigenvalue weighted by atomic mass is 16.4. The second-order valence-electron chi connectivity index (χ2n) is 5.57. The van der Waals surface area contributed by atoms with Crippen molar-refractivity contribution in [2.24, 2.45) is 5.92 Å². The van der Waals surface area contributed by atoms with E-state index in [2.05, 4.69) is 17.6 Å². The number of benzene rings is 1. The summed E-state index contributed by atoms with van der Waals surface area (Å²) in [7, 11) is 0. The predicted molar refractivity (Wildman–Crippen MR) is 83.5 cm³/mol. The van der Waals surface area contributed by atoms with Crippen LogP contribution in [0.15, 0.2) is 24.3 Å². The fraction of sp³-hybridized carbons (Fsp3) is 0.500. The Morgan fingerprint density at radius 1 is 1.19 bits per heavy atom. The van der Waals surface area contributed by atoms with Gasteiger partial charge in [0.1, 0.15) is 6.04 Å². The van der Waals surface area contributed by atoms with Crippen LogP contribution in [0.3, 0.4) is 0 Å². The molecule has 1 rings (SSSR count). The van der Waals surface area contributed by atoms with Gasteiger partial charge in [0.2, 0.25) is 0 Å². The first-order chi connectivity index (χ1) is 9.92. The van der Waals surface area contributed by atoms with Gasteiger partial charge >= 0.3 is 12.0 Å². The summed E-state index contributed by atoms with van der Waals surface area (Å²) in [5, 5.41) is 14.2. The van der Waals surface area contributed by atoms with Gasteiger partial charge in [-0.3, -0.25) is 0 Å². The molecule has 1 aromatic carbocycles. The second kappa shape index (κ2) is 8.29. The third-order valence-electron chi connectivity index (χ3n) is 3.06. The lowest BCUT2D eigenvalue weighted by molar-refractivity contribution is -0.139. The summed E-state index contributed by atoms with van der Waals surface area (Å²) >= 11 is 0. The minimum Gasteiger partial charge on any atom is -0.480 e. The van der Waals surface area contributed by atoms with E-state index in [1.807, 2.05) is 38.1 Å². The van der Waals surface area contributed by atoms with Gasteiger partial charge in [-0.25, -0.2) is 9.59 Å². The van der Waals surface area contributed by atoms with Crippen molar-refractivity contribution in [3.05, 3.63) is 29.8 Å². The van der Waals surface area contributed by atoms with Crippen molar-refractivity contribution in [2.45, 2.75) is 46.1 Å². The van der Waals surface area contributed by atoms with Crippen LogP contribution in [0.25, 0.3) is 0 Å². The van der Waals surface area contributed by atoms with E-state index in [0.29, 0.717) is 12.1 Å². The van der Waals surface area contributed by atoms with Crippen molar-refractivity contribution >= 4 is 17.7 Å². The van der Waals surface area contributed by atoms with E-state index in [-0.39, 0.29) is 5.92 Å². The molecule has 2 amide bonds. The molecule has 0 aliphatic heterocycles. The third-order valence-corrected chi connectivity index (χ3v) is 3.06. The Balaban J connectivity index is 2.57. The van der Waals surface area contributed by atoms with Crippen molar-refractivity contribution < 1.29 is 14.7 Å². The number of aryl methyl sites for hydroxylation is 1. The van der Waals surface area contributed by atoms with Crippen LogP contribution >= 0.6 is 0 Å². The number of amides is 2. The average Bonchev–Trinajstić information content (AvgIpc) is 2.40. The molecule has 5 heteroatoms. The molecule has 3 N–H and O–H groups in total. The number of carboxylic acid groups (broad SMARTS) is 1. The van der Waals surface area contributed by atoms with E-state index >= 15 is 0 Å². The molecule has 5 nitrogen and oxygen atoms in total. The zero-order chi connectivity index (χ0) is 15.8. The van der Waals surface area contributed by atoms with E-state index in [1.54, 1.807) is 0 Å². The van der Waals surface area contributed by atoms with Crippen LogP contribution in [0.1, 0.15) is 39.2 Å². The monoisotopic (exact) mass is 292 g/mol. The highest BCUT2D eigenvalue weighted by Gasteiger charge is 2.20. The first kappa shape index (κ1) is 17.0. The van der Waals surface area contributed by atoms with Gasteiger partial charge < -0.3 is 15.7 Å². The lowest BCUT2D eigenvalue weighted by Crippen LogP contribution is -2.43. The zero-order valence-electron chi connectivity index (χ0n) is 12.8. The molecule has 0 spiro atoms. The van der Waals surface area contributed by atoms with E-state index in [9.17, 15) is 9.59 Å². The Kier molecular flexibility index (Phi) is 6.72. The maximum Gasteiger partial charge on any atom is 0.326 e. The number of carboxylic acids is 1. The first-order valence-corrected chi connectivity index (χ1v) is 7.31. The first-order valence-electron chi connectivity index (χ1n) is 7.31. The second-order valence-corrected chi connectivity index (χ2v) is 5.57. The summed E-state index contributed by atoms with van der Waals surface area (Å²) in [5.41, 5.74) is 1.87. The fourth-order valence-electron chi connectivity index (χ4n) is 2.06. The van der Waals surface area contributed by atoms with E-state index in [4.69, 9.17) is 5.11 Å². The summed E-state index contributed by atoms with van der Waals surface area (Å²) < 4.78 is 0. The van der Waals surface area contributed by atoms with Crippen molar-refractivity contribution in [2.75, 3.05) is 5.32 Å². The van der Waals surface area contributed by atoms with Crippen molar-refractivity contribution in [1.82, 2.24) is 5.32 Å². The molecule has 0 saturated heterocycles. The van der Waals surface area contributed by atoms with Crippen LogP contribution in [0.4, 0.5) is 10.5 Å². The number of carbonyl (C=O) groups excluding carboxylic acids is 1. The smallest absolute Gasteiger partial charge is 0.326 e. The summed E-state index contributed by atoms with van der Waals surface area (Å²) in [6.45, 7) is 5.95. The van der Waals surface area contributed by atoms with Gasteiger partial charge in [0, 0.05) is 5.69 Å². The quantitative estimate of drug-likeness (QED) is 0.721. The van der Waals surface area contributed by atoms with Crippen molar-refractivity contribution in [3.63, 3.8) is 0 Å². The largest absolute Gasteiger partial charge is 0.480 e. The summed E-state index contributed by atoms with van der Waals surface area (Å²) in [5.74, 6) is -0.822. The molecule has 0 saturated carbocycles. The standard InChI is InChI=1S/C16H24N2O3/c1-4-5-12-6-8-13(9-7-12)17-16(21)18-14(15(19)20)10-11(2)3/h6-9,11,14H,4-5,10H2,1-3H3,(H,19,20)(H2,17,18,21)/t14-/m1/s1. The molecule has 1 aromatic rings.